The van der Waals surface area contributed by atoms with E-state index in [0.717, 1.165) is 35.9 Å². The maximum atomic E-state index is 5.71. The zero-order chi connectivity index (χ0) is 19.2. The molecule has 4 rings (SSSR count). The number of aryl methyl sites for hydroxylation is 1. The lowest BCUT2D eigenvalue weighted by molar-refractivity contribution is -0.0102. The molecule has 0 spiro atoms. The second-order valence-corrected chi connectivity index (χ2v) is 6.03. The summed E-state index contributed by atoms with van der Waals surface area (Å²) in [5.41, 5.74) is 2.55. The van der Waals surface area contributed by atoms with Crippen LogP contribution >= 0.6 is 0 Å². The van der Waals surface area contributed by atoms with Gasteiger partial charge >= 0.3 is 0 Å². The summed E-state index contributed by atoms with van der Waals surface area (Å²) in [6.45, 7) is 8.74. The van der Waals surface area contributed by atoms with Crippen LogP contribution in [0, 0.1) is 6.92 Å². The summed E-state index contributed by atoms with van der Waals surface area (Å²) < 4.78 is 12.9. The monoisotopic (exact) mass is 370 g/mol. The van der Waals surface area contributed by atoms with E-state index in [-0.39, 0.29) is 6.10 Å². The normalized spacial score (nSPS) is 16.9. The zero-order valence-corrected chi connectivity index (χ0v) is 16.3. The van der Waals surface area contributed by atoms with Gasteiger partial charge in [-0.15, -0.1) is 0 Å². The predicted molar refractivity (Wildman–Crippen MR) is 104 cm³/mol. The van der Waals surface area contributed by atoms with E-state index in [9.17, 15) is 0 Å². The van der Waals surface area contributed by atoms with E-state index in [1.54, 1.807) is 25.7 Å². The molecule has 1 aliphatic heterocycles. The molecule has 0 amide bonds. The molecule has 1 saturated heterocycles. The Bertz CT molecular complexity index is 880. The first-order valence-corrected chi connectivity index (χ1v) is 9.23. The van der Waals surface area contributed by atoms with Gasteiger partial charge < -0.3 is 14.4 Å². The molecule has 0 aliphatic carbocycles. The van der Waals surface area contributed by atoms with Crippen LogP contribution in [-0.4, -0.2) is 63.9 Å². The number of hydrogen-bond donors (Lipinski definition) is 0. The molecule has 1 unspecified atom stereocenters. The molecule has 1 fully saturated rings. The zero-order valence-electron chi connectivity index (χ0n) is 16.3. The Kier molecular flexibility index (Phi) is 6.31. The molecule has 4 heterocycles. The van der Waals surface area contributed by atoms with Gasteiger partial charge in [-0.3, -0.25) is 9.38 Å². The largest absolute Gasteiger partial charge is 0.382 e. The second kappa shape index (κ2) is 8.88. The summed E-state index contributed by atoms with van der Waals surface area (Å²) in [4.78, 5) is 20.0. The number of imidazole rings is 1. The minimum absolute atomic E-state index is 0.0571. The van der Waals surface area contributed by atoms with Gasteiger partial charge in [-0.2, -0.15) is 0 Å². The minimum atomic E-state index is 0.0571. The third-order valence-electron chi connectivity index (χ3n) is 4.21. The van der Waals surface area contributed by atoms with Crippen LogP contribution in [0.5, 0.6) is 0 Å². The fourth-order valence-corrected chi connectivity index (χ4v) is 3.01. The van der Waals surface area contributed by atoms with E-state index < -0.39 is 0 Å². The van der Waals surface area contributed by atoms with Crippen LogP contribution < -0.4 is 4.90 Å². The van der Waals surface area contributed by atoms with Gasteiger partial charge in [-0.05, 0) is 13.0 Å². The third-order valence-corrected chi connectivity index (χ3v) is 4.21. The Labute approximate surface area is 159 Å². The lowest BCUT2D eigenvalue weighted by Gasteiger charge is -2.33. The fourth-order valence-electron chi connectivity index (χ4n) is 3.01. The first-order valence-electron chi connectivity index (χ1n) is 9.23. The van der Waals surface area contributed by atoms with Gasteiger partial charge in [0.15, 0.2) is 11.5 Å². The van der Waals surface area contributed by atoms with Crippen LogP contribution in [0.1, 0.15) is 19.5 Å². The van der Waals surface area contributed by atoms with Crippen molar-refractivity contribution in [2.75, 3.05) is 38.3 Å². The van der Waals surface area contributed by atoms with Crippen LogP contribution in [0.15, 0.2) is 30.9 Å². The number of hydrogen-bond acceptors (Lipinski definition) is 7. The average molecular weight is 370 g/mol. The van der Waals surface area contributed by atoms with E-state index in [1.807, 2.05) is 37.4 Å². The topological polar surface area (TPSA) is 77.7 Å². The summed E-state index contributed by atoms with van der Waals surface area (Å²) in [6, 6.07) is 1.93. The summed E-state index contributed by atoms with van der Waals surface area (Å²) >= 11 is 0. The van der Waals surface area contributed by atoms with E-state index in [4.69, 9.17) is 14.5 Å². The molecular weight excluding hydrogens is 344 g/mol. The molecule has 1 aliphatic rings. The molecule has 0 aromatic carbocycles. The molecule has 0 N–H and O–H groups in total. The van der Waals surface area contributed by atoms with E-state index >= 15 is 0 Å². The highest BCUT2D eigenvalue weighted by molar-refractivity contribution is 5.58. The van der Waals surface area contributed by atoms with Crippen LogP contribution in [-0.2, 0) is 9.47 Å². The van der Waals surface area contributed by atoms with Gasteiger partial charge in [0.2, 0.25) is 0 Å². The van der Waals surface area contributed by atoms with Crippen LogP contribution in [0.4, 0.5) is 5.82 Å². The molecule has 8 heteroatoms. The van der Waals surface area contributed by atoms with Gasteiger partial charge in [0.05, 0.1) is 37.4 Å². The van der Waals surface area contributed by atoms with Crippen molar-refractivity contribution in [3.05, 3.63) is 36.5 Å². The van der Waals surface area contributed by atoms with Gasteiger partial charge in [0.25, 0.3) is 0 Å². The van der Waals surface area contributed by atoms with Crippen molar-refractivity contribution >= 4 is 11.5 Å². The van der Waals surface area contributed by atoms with Crippen LogP contribution in [0.2, 0.25) is 0 Å². The van der Waals surface area contributed by atoms with Gasteiger partial charge in [0, 0.05) is 32.6 Å². The average Bonchev–Trinajstić information content (AvgIpc) is 3.13. The number of ether oxygens (including phenoxy) is 2. The quantitative estimate of drug-likeness (QED) is 0.698. The maximum absolute atomic E-state index is 5.71. The van der Waals surface area contributed by atoms with Gasteiger partial charge in [-0.25, -0.2) is 15.0 Å². The molecule has 3 aromatic heterocycles. The number of nitrogens with zero attached hydrogens (tertiary/aromatic N) is 6. The van der Waals surface area contributed by atoms with Crippen LogP contribution in [0.3, 0.4) is 0 Å². The lowest BCUT2D eigenvalue weighted by Crippen LogP contribution is -2.44. The number of fused-ring (bicyclic) bond motifs is 1. The molecule has 27 heavy (non-hydrogen) atoms. The van der Waals surface area contributed by atoms with Crippen molar-refractivity contribution in [1.82, 2.24) is 24.3 Å². The van der Waals surface area contributed by atoms with Crippen molar-refractivity contribution in [1.29, 1.82) is 0 Å². The summed E-state index contributed by atoms with van der Waals surface area (Å²) in [7, 11) is 1.69. The van der Waals surface area contributed by atoms with Gasteiger partial charge in [-0.1, -0.05) is 13.8 Å². The Morgan fingerprint density at radius 1 is 1.22 bits per heavy atom. The third kappa shape index (κ3) is 4.23. The fraction of sp³-hybridized carbons (Fsp3) is 0.474. The van der Waals surface area contributed by atoms with Crippen molar-refractivity contribution in [3.8, 4) is 11.5 Å². The molecule has 0 radical (unpaired) electrons. The summed E-state index contributed by atoms with van der Waals surface area (Å²) in [5.74, 6) is 1.53. The minimum Gasteiger partial charge on any atom is -0.382 e. The molecule has 1 atom stereocenters. The lowest BCUT2D eigenvalue weighted by atomic mass is 10.3. The van der Waals surface area contributed by atoms with Crippen molar-refractivity contribution < 1.29 is 9.47 Å². The second-order valence-electron chi connectivity index (χ2n) is 6.03. The standard InChI is InChI=1S/C17H20N6O2.C2H6/c1-12-9-23-14(7-20-16(23)8-19-12)17-18-4-3-15(21-17)22-5-6-25-13(10-22)11-24-2;1-2/h3-4,7-9,13H,5-6,10-11H2,1-2H3;1-2H3. The van der Waals surface area contributed by atoms with Crippen molar-refractivity contribution in [3.63, 3.8) is 0 Å². The number of anilines is 1. The maximum Gasteiger partial charge on any atom is 0.180 e. The number of morpholine rings is 1. The Morgan fingerprint density at radius 2 is 2.07 bits per heavy atom. The highest BCUT2D eigenvalue weighted by atomic mass is 16.5. The summed E-state index contributed by atoms with van der Waals surface area (Å²) in [5, 5.41) is 0. The number of rotatable bonds is 4. The Morgan fingerprint density at radius 3 is 2.89 bits per heavy atom. The Hall–Kier alpha value is -2.58. The molecule has 0 bridgehead atoms. The van der Waals surface area contributed by atoms with E-state index in [0.29, 0.717) is 19.0 Å². The Balaban J connectivity index is 0.00000102. The SMILES string of the molecule is CC.COCC1CN(c2ccnc(-c3cnc4cnc(C)cn34)n2)CCO1. The van der Waals surface area contributed by atoms with E-state index in [1.165, 1.54) is 0 Å². The molecular formula is C19H26N6O2. The summed E-state index contributed by atoms with van der Waals surface area (Å²) in [6.07, 6.45) is 7.31. The first-order chi connectivity index (χ1) is 13.2. The highest BCUT2D eigenvalue weighted by Crippen LogP contribution is 2.21. The number of aromatic nitrogens is 5. The van der Waals surface area contributed by atoms with E-state index in [2.05, 4.69) is 19.9 Å². The molecule has 144 valence electrons. The van der Waals surface area contributed by atoms with Gasteiger partial charge in [0.1, 0.15) is 11.5 Å². The first kappa shape index (κ1) is 19.2. The number of methoxy groups -OCH3 is 1. The predicted octanol–water partition coefficient (Wildman–Crippen LogP) is 2.37. The smallest absolute Gasteiger partial charge is 0.180 e. The van der Waals surface area contributed by atoms with Crippen molar-refractivity contribution in [2.24, 2.45) is 0 Å². The molecule has 8 nitrogen and oxygen atoms in total. The molecule has 0 saturated carbocycles. The molecule has 3 aromatic rings. The van der Waals surface area contributed by atoms with Crippen LogP contribution in [0.25, 0.3) is 17.2 Å². The highest BCUT2D eigenvalue weighted by Gasteiger charge is 2.22. The van der Waals surface area contributed by atoms with Crippen molar-refractivity contribution in [2.45, 2.75) is 26.9 Å².